The van der Waals surface area contributed by atoms with Crippen LogP contribution in [-0.4, -0.2) is 34.7 Å². The lowest BCUT2D eigenvalue weighted by molar-refractivity contribution is -0.153. The van der Waals surface area contributed by atoms with Crippen LogP contribution in [-0.2, 0) is 23.2 Å². The van der Waals surface area contributed by atoms with Gasteiger partial charge in [0.25, 0.3) is 0 Å². The second kappa shape index (κ2) is 4.87. The maximum absolute atomic E-state index is 11.2. The van der Waals surface area contributed by atoms with E-state index in [-0.39, 0.29) is 12.3 Å². The quantitative estimate of drug-likeness (QED) is 0.399. The molecule has 1 aliphatic heterocycles. The molecule has 0 saturated carbocycles. The van der Waals surface area contributed by atoms with Crippen LogP contribution in [0.25, 0.3) is 0 Å². The average molecular weight is 232 g/mol. The molecule has 1 heterocycles. The summed E-state index contributed by atoms with van der Waals surface area (Å²) in [6.07, 6.45) is 0.783. The van der Waals surface area contributed by atoms with Crippen molar-refractivity contribution in [1.82, 2.24) is 0 Å². The molecule has 6 heteroatoms. The Morgan fingerprint density at radius 3 is 2.40 bits per heavy atom. The van der Waals surface area contributed by atoms with Crippen molar-refractivity contribution in [2.45, 2.75) is 25.4 Å². The topological polar surface area (TPSA) is 61.8 Å². The van der Waals surface area contributed by atoms with E-state index >= 15 is 0 Å². The van der Waals surface area contributed by atoms with E-state index in [9.17, 15) is 9.59 Å². The highest BCUT2D eigenvalue weighted by molar-refractivity contribution is 6.65. The fourth-order valence-electron chi connectivity index (χ4n) is 1.47. The first-order chi connectivity index (χ1) is 7.00. The van der Waals surface area contributed by atoms with Crippen molar-refractivity contribution < 1.29 is 23.2 Å². The second-order valence-corrected chi connectivity index (χ2v) is 7.36. The van der Waals surface area contributed by atoms with Gasteiger partial charge in [0, 0.05) is 14.2 Å². The van der Waals surface area contributed by atoms with Gasteiger partial charge < -0.3 is 13.6 Å². The molecular formula is C9H16O5Si. The van der Waals surface area contributed by atoms with Gasteiger partial charge in [-0.3, -0.25) is 9.59 Å². The summed E-state index contributed by atoms with van der Waals surface area (Å²) in [5, 5.41) is 0. The molecule has 15 heavy (non-hydrogen) atoms. The van der Waals surface area contributed by atoms with E-state index in [0.717, 1.165) is 0 Å². The molecule has 0 N–H and O–H groups in total. The fourth-order valence-corrected chi connectivity index (χ4v) is 2.91. The Morgan fingerprint density at radius 1 is 1.40 bits per heavy atom. The van der Waals surface area contributed by atoms with E-state index in [2.05, 4.69) is 4.74 Å². The first kappa shape index (κ1) is 12.3. The van der Waals surface area contributed by atoms with Gasteiger partial charge in [0.05, 0.1) is 12.3 Å². The first-order valence-corrected chi connectivity index (χ1v) is 7.38. The number of hydrogen-bond acceptors (Lipinski definition) is 5. The zero-order valence-corrected chi connectivity index (χ0v) is 10.2. The van der Waals surface area contributed by atoms with Crippen molar-refractivity contribution in [2.24, 2.45) is 5.92 Å². The summed E-state index contributed by atoms with van der Waals surface area (Å²) in [7, 11) is 1.07. The number of cyclic esters (lactones) is 2. The van der Waals surface area contributed by atoms with Crippen LogP contribution in [0, 0.1) is 5.92 Å². The van der Waals surface area contributed by atoms with Crippen molar-refractivity contribution in [1.29, 1.82) is 0 Å². The lowest BCUT2D eigenvalue weighted by atomic mass is 10.1. The second-order valence-electron chi connectivity index (χ2n) is 3.77. The molecule has 0 aromatic carbocycles. The molecule has 1 rings (SSSR count). The van der Waals surface area contributed by atoms with Gasteiger partial charge in [-0.1, -0.05) is 0 Å². The highest BCUT2D eigenvalue weighted by Crippen LogP contribution is 2.25. The third-order valence-corrected chi connectivity index (χ3v) is 5.70. The highest BCUT2D eigenvalue weighted by atomic mass is 28.4. The Hall–Kier alpha value is -0.723. The average Bonchev–Trinajstić information content (AvgIpc) is 2.54. The Labute approximate surface area is 89.9 Å². The molecule has 0 aromatic rings. The number of rotatable bonds is 5. The number of hydrogen-bond donors (Lipinski definition) is 0. The summed E-state index contributed by atoms with van der Waals surface area (Å²) in [5.41, 5.74) is 0. The predicted molar refractivity (Wildman–Crippen MR) is 54.3 cm³/mol. The molecule has 1 atom stereocenters. The monoisotopic (exact) mass is 232 g/mol. The first-order valence-electron chi connectivity index (χ1n) is 4.85. The molecule has 0 aliphatic carbocycles. The van der Waals surface area contributed by atoms with Crippen LogP contribution in [0.5, 0.6) is 0 Å². The van der Waals surface area contributed by atoms with Gasteiger partial charge in [0.15, 0.2) is 0 Å². The minimum Gasteiger partial charge on any atom is -0.398 e. The molecular weight excluding hydrogens is 216 g/mol. The molecule has 1 aliphatic rings. The molecule has 0 radical (unpaired) electrons. The van der Waals surface area contributed by atoms with Crippen molar-refractivity contribution in [3.63, 3.8) is 0 Å². The standard InChI is InChI=1S/C9H16O5Si/c1-12-15(3,13-2)5-4-7-6-8(10)14-9(7)11/h7H,4-6H2,1-3H3. The number of carbonyl (C=O) groups excluding carboxylic acids is 2. The maximum Gasteiger partial charge on any atom is 0.334 e. The molecule has 5 nitrogen and oxygen atoms in total. The smallest absolute Gasteiger partial charge is 0.334 e. The summed E-state index contributed by atoms with van der Waals surface area (Å²) in [6, 6.07) is 0.688. The number of ether oxygens (including phenoxy) is 1. The van der Waals surface area contributed by atoms with Crippen molar-refractivity contribution in [3.05, 3.63) is 0 Å². The summed E-state index contributed by atoms with van der Waals surface area (Å²) >= 11 is 0. The molecule has 86 valence electrons. The highest BCUT2D eigenvalue weighted by Gasteiger charge is 2.37. The van der Waals surface area contributed by atoms with Gasteiger partial charge >= 0.3 is 20.5 Å². The summed E-state index contributed by atoms with van der Waals surface area (Å²) in [6.45, 7) is 1.93. The van der Waals surface area contributed by atoms with E-state index < -0.39 is 20.5 Å². The van der Waals surface area contributed by atoms with Gasteiger partial charge in [-0.15, -0.1) is 0 Å². The van der Waals surface area contributed by atoms with E-state index in [0.29, 0.717) is 12.5 Å². The molecule has 0 amide bonds. The number of esters is 2. The lowest BCUT2D eigenvalue weighted by Gasteiger charge is -2.23. The molecule has 0 aromatic heterocycles. The molecule has 1 fully saturated rings. The van der Waals surface area contributed by atoms with Crippen LogP contribution < -0.4 is 0 Å². The third-order valence-electron chi connectivity index (χ3n) is 2.77. The predicted octanol–water partition coefficient (Wildman–Crippen LogP) is 0.831. The van der Waals surface area contributed by atoms with Gasteiger partial charge in [-0.25, -0.2) is 0 Å². The van der Waals surface area contributed by atoms with Crippen molar-refractivity contribution in [3.8, 4) is 0 Å². The number of carbonyl (C=O) groups is 2. The Kier molecular flexibility index (Phi) is 4.01. The molecule has 1 unspecified atom stereocenters. The Morgan fingerprint density at radius 2 is 2.00 bits per heavy atom. The van der Waals surface area contributed by atoms with Crippen molar-refractivity contribution in [2.75, 3.05) is 14.2 Å². The zero-order valence-electron chi connectivity index (χ0n) is 9.24. The Bertz CT molecular complexity index is 261. The summed E-state index contributed by atoms with van der Waals surface area (Å²) < 4.78 is 15.0. The van der Waals surface area contributed by atoms with Crippen molar-refractivity contribution >= 4 is 20.5 Å². The van der Waals surface area contributed by atoms with E-state index in [1.807, 2.05) is 6.55 Å². The largest absolute Gasteiger partial charge is 0.398 e. The van der Waals surface area contributed by atoms with Crippen LogP contribution in [0.1, 0.15) is 12.8 Å². The van der Waals surface area contributed by atoms with Gasteiger partial charge in [-0.2, -0.15) is 0 Å². The minimum absolute atomic E-state index is 0.191. The normalized spacial score (nSPS) is 21.9. The minimum atomic E-state index is -2.14. The van der Waals surface area contributed by atoms with E-state index in [4.69, 9.17) is 8.85 Å². The third kappa shape index (κ3) is 3.12. The van der Waals surface area contributed by atoms with Crippen LogP contribution in [0.2, 0.25) is 12.6 Å². The van der Waals surface area contributed by atoms with E-state index in [1.54, 1.807) is 14.2 Å². The Balaban J connectivity index is 2.43. The van der Waals surface area contributed by atoms with Gasteiger partial charge in [0.2, 0.25) is 0 Å². The molecule has 1 saturated heterocycles. The van der Waals surface area contributed by atoms with Gasteiger partial charge in [0.1, 0.15) is 0 Å². The molecule has 0 spiro atoms. The van der Waals surface area contributed by atoms with Crippen LogP contribution in [0.3, 0.4) is 0 Å². The van der Waals surface area contributed by atoms with E-state index in [1.165, 1.54) is 0 Å². The lowest BCUT2D eigenvalue weighted by Crippen LogP contribution is -2.36. The fraction of sp³-hybridized carbons (Fsp3) is 0.778. The van der Waals surface area contributed by atoms with Crippen LogP contribution in [0.15, 0.2) is 0 Å². The van der Waals surface area contributed by atoms with Crippen LogP contribution >= 0.6 is 0 Å². The maximum atomic E-state index is 11.2. The summed E-state index contributed by atoms with van der Waals surface area (Å²) in [5.74, 6) is -1.15. The van der Waals surface area contributed by atoms with Crippen LogP contribution in [0.4, 0.5) is 0 Å². The molecule has 0 bridgehead atoms. The van der Waals surface area contributed by atoms with Gasteiger partial charge in [-0.05, 0) is 19.0 Å². The zero-order chi connectivity index (χ0) is 11.5. The SMILES string of the molecule is CO[Si](C)(CCC1CC(=O)OC1=O)OC. The summed E-state index contributed by atoms with van der Waals surface area (Å²) in [4.78, 5) is 22.0.